The molecule has 1 fully saturated rings. The number of nitro benzene ring substituents is 2. The molecule has 0 atom stereocenters. The van der Waals surface area contributed by atoms with E-state index in [1.807, 2.05) is 0 Å². The van der Waals surface area contributed by atoms with Crippen LogP contribution in [0.3, 0.4) is 0 Å². The maximum Gasteiger partial charge on any atom is 0.321 e. The van der Waals surface area contributed by atoms with E-state index in [4.69, 9.17) is 28.5 Å². The average molecular weight is 626 g/mol. The molecule has 1 saturated heterocycles. The Kier molecular flexibility index (Phi) is 10.3. The Bertz CT molecular complexity index is 1630. The highest BCUT2D eigenvalue weighted by atomic mass is 16.7. The molecule has 3 aromatic rings. The Labute approximate surface area is 255 Å². The van der Waals surface area contributed by atoms with Gasteiger partial charge in [-0.25, -0.2) is 0 Å². The van der Waals surface area contributed by atoms with E-state index in [-0.39, 0.29) is 42.6 Å². The minimum absolute atomic E-state index is 0.000598. The van der Waals surface area contributed by atoms with Crippen LogP contribution in [0.5, 0.6) is 34.5 Å². The van der Waals surface area contributed by atoms with Gasteiger partial charge in [0.1, 0.15) is 24.9 Å². The molecule has 0 saturated carbocycles. The summed E-state index contributed by atoms with van der Waals surface area (Å²) in [6, 6.07) is 10.5. The van der Waals surface area contributed by atoms with Crippen molar-refractivity contribution in [2.75, 3.05) is 47.6 Å². The predicted molar refractivity (Wildman–Crippen MR) is 155 cm³/mol. The largest absolute Gasteiger partial charge is 0.569 e. The van der Waals surface area contributed by atoms with Crippen LogP contribution in [0.15, 0.2) is 59.9 Å². The molecule has 0 amide bonds. The van der Waals surface area contributed by atoms with Crippen LogP contribution in [0.2, 0.25) is 0 Å². The third-order valence-corrected chi connectivity index (χ3v) is 6.33. The van der Waals surface area contributed by atoms with Crippen LogP contribution in [0.1, 0.15) is 15.9 Å². The van der Waals surface area contributed by atoms with E-state index in [0.29, 0.717) is 28.9 Å². The van der Waals surface area contributed by atoms with Crippen molar-refractivity contribution < 1.29 is 48.1 Å². The summed E-state index contributed by atoms with van der Waals surface area (Å²) in [6.45, 7) is 0.956. The second-order valence-electron chi connectivity index (χ2n) is 9.08. The first-order valence-corrected chi connectivity index (χ1v) is 13.1. The lowest BCUT2D eigenvalue weighted by Crippen LogP contribution is -2.40. The lowest BCUT2D eigenvalue weighted by molar-refractivity contribution is -0.710. The summed E-state index contributed by atoms with van der Waals surface area (Å²) in [7, 11) is 4.39. The minimum atomic E-state index is -0.925. The van der Waals surface area contributed by atoms with Crippen LogP contribution in [0, 0.1) is 25.4 Å². The second kappa shape index (κ2) is 14.5. The van der Waals surface area contributed by atoms with Crippen molar-refractivity contribution in [1.82, 2.24) is 5.01 Å². The Morgan fingerprint density at radius 2 is 1.51 bits per heavy atom. The molecule has 4 rings (SSSR count). The first-order chi connectivity index (χ1) is 21.6. The third kappa shape index (κ3) is 7.71. The zero-order valence-electron chi connectivity index (χ0n) is 24.2. The molecule has 0 radical (unpaired) electrons. The lowest BCUT2D eigenvalue weighted by atomic mass is 10.1. The van der Waals surface area contributed by atoms with Crippen LogP contribution in [-0.2, 0) is 4.74 Å². The summed E-state index contributed by atoms with van der Waals surface area (Å²) in [6.07, 6.45) is 2.83. The minimum Gasteiger partial charge on any atom is -0.569 e. The monoisotopic (exact) mass is 625 g/mol. The fourth-order valence-electron chi connectivity index (χ4n) is 4.14. The van der Waals surface area contributed by atoms with Gasteiger partial charge in [-0.15, -0.1) is 5.01 Å². The molecule has 3 aromatic carbocycles. The molecule has 0 N–H and O–H groups in total. The quantitative estimate of drug-likeness (QED) is 0.0631. The second-order valence-corrected chi connectivity index (χ2v) is 9.08. The highest BCUT2D eigenvalue weighted by Crippen LogP contribution is 2.41. The van der Waals surface area contributed by atoms with Gasteiger partial charge in [-0.1, -0.05) is 18.2 Å². The van der Waals surface area contributed by atoms with Gasteiger partial charge >= 0.3 is 11.4 Å². The van der Waals surface area contributed by atoms with Gasteiger partial charge in [0, 0.05) is 11.6 Å². The summed E-state index contributed by atoms with van der Waals surface area (Å²) >= 11 is 0. The number of allylic oxidation sites excluding steroid dienone is 1. The molecule has 1 aliphatic rings. The summed E-state index contributed by atoms with van der Waals surface area (Å²) in [5.41, 5.74) is -0.844. The van der Waals surface area contributed by atoms with E-state index in [1.165, 1.54) is 62.8 Å². The van der Waals surface area contributed by atoms with Gasteiger partial charge in [0.15, 0.2) is 17.3 Å². The van der Waals surface area contributed by atoms with Crippen LogP contribution in [0.25, 0.3) is 6.08 Å². The van der Waals surface area contributed by atoms with Crippen LogP contribution in [0.4, 0.5) is 11.4 Å². The standard InChI is InChI=1S/C28H27N5O12/c1-40-26-13-18(14-27(41-2)28(26)42-3)7-8-23(34)19-5-4-6-20(15-19)44-24-17-25(22(32(37)38)16-21(24)31(35)36)45-29-33(39)30-9-11-43-12-10-30/h4-8,13-17H,9-12H2,1-3H3/b8-7+,33-29-. The molecule has 0 spiro atoms. The smallest absolute Gasteiger partial charge is 0.321 e. The van der Waals surface area contributed by atoms with Gasteiger partial charge < -0.3 is 28.9 Å². The number of nitro groups is 2. The number of nitrogens with zero attached hydrogens (tertiary/aromatic N) is 5. The molecule has 17 nitrogen and oxygen atoms in total. The number of rotatable bonds is 13. The summed E-state index contributed by atoms with van der Waals surface area (Å²) in [5, 5.41) is 40.3. The Hall–Kier alpha value is -5.97. The van der Waals surface area contributed by atoms with Crippen molar-refractivity contribution in [3.8, 4) is 34.5 Å². The number of ether oxygens (including phenoxy) is 5. The van der Waals surface area contributed by atoms with Gasteiger partial charge in [-0.3, -0.25) is 29.9 Å². The molecule has 0 aromatic heterocycles. The number of morpholine rings is 1. The normalized spacial score (nSPS) is 13.3. The van der Waals surface area contributed by atoms with Gasteiger partial charge in [0.25, 0.3) is 0 Å². The summed E-state index contributed by atoms with van der Waals surface area (Å²) < 4.78 is 26.8. The number of carbonyl (C=O) groups is 1. The number of carbonyl (C=O) groups excluding carboxylic acids is 1. The molecular weight excluding hydrogens is 598 g/mol. The zero-order chi connectivity index (χ0) is 32.5. The van der Waals surface area contributed by atoms with Crippen molar-refractivity contribution in [1.29, 1.82) is 0 Å². The molecule has 1 heterocycles. The van der Waals surface area contributed by atoms with E-state index >= 15 is 0 Å². The number of ketones is 1. The maximum absolute atomic E-state index is 13.0. The molecule has 45 heavy (non-hydrogen) atoms. The lowest BCUT2D eigenvalue weighted by Gasteiger charge is -2.21. The molecule has 17 heteroatoms. The molecule has 0 aliphatic carbocycles. The third-order valence-electron chi connectivity index (χ3n) is 6.33. The summed E-state index contributed by atoms with van der Waals surface area (Å²) in [5.74, 6) is -0.311. The zero-order valence-corrected chi connectivity index (χ0v) is 24.2. The average Bonchev–Trinajstić information content (AvgIpc) is 3.05. The fraction of sp³-hybridized carbons (Fsp3) is 0.250. The van der Waals surface area contributed by atoms with Crippen molar-refractivity contribution in [3.63, 3.8) is 0 Å². The van der Waals surface area contributed by atoms with E-state index in [9.17, 15) is 30.2 Å². The first kappa shape index (κ1) is 32.0. The number of hydrogen-bond acceptors (Lipinski definition) is 13. The predicted octanol–water partition coefficient (Wildman–Crippen LogP) is 4.72. The van der Waals surface area contributed by atoms with Crippen molar-refractivity contribution in [2.45, 2.75) is 0 Å². The fourth-order valence-corrected chi connectivity index (χ4v) is 4.14. The topological polar surface area (TPSA) is 200 Å². The van der Waals surface area contributed by atoms with Gasteiger partial charge in [0.05, 0.1) is 49.4 Å². The molecule has 1 aliphatic heterocycles. The van der Waals surface area contributed by atoms with Gasteiger partial charge in [0.2, 0.25) is 22.5 Å². The number of hydrazine groups is 1. The summed E-state index contributed by atoms with van der Waals surface area (Å²) in [4.78, 5) is 39.7. The van der Waals surface area contributed by atoms with E-state index in [0.717, 1.165) is 6.07 Å². The van der Waals surface area contributed by atoms with Gasteiger partial charge in [-0.05, 0) is 35.9 Å². The van der Waals surface area contributed by atoms with Crippen molar-refractivity contribution in [2.24, 2.45) is 5.28 Å². The highest BCUT2D eigenvalue weighted by molar-refractivity contribution is 6.07. The van der Waals surface area contributed by atoms with E-state index in [1.54, 1.807) is 12.1 Å². The van der Waals surface area contributed by atoms with Crippen molar-refractivity contribution in [3.05, 3.63) is 91.2 Å². The van der Waals surface area contributed by atoms with Gasteiger partial charge in [-0.2, -0.15) is 0 Å². The number of methoxy groups -OCH3 is 3. The van der Waals surface area contributed by atoms with Crippen molar-refractivity contribution >= 4 is 23.2 Å². The Morgan fingerprint density at radius 3 is 2.11 bits per heavy atom. The number of benzene rings is 3. The molecule has 0 unspecified atom stereocenters. The Balaban J connectivity index is 1.60. The molecular formula is C28H27N5O12. The first-order valence-electron chi connectivity index (χ1n) is 13.1. The number of hydrogen-bond donors (Lipinski definition) is 0. The van der Waals surface area contributed by atoms with E-state index < -0.39 is 38.5 Å². The molecule has 236 valence electrons. The maximum atomic E-state index is 13.0. The highest BCUT2D eigenvalue weighted by Gasteiger charge is 2.29. The van der Waals surface area contributed by atoms with E-state index in [2.05, 4.69) is 5.28 Å². The van der Waals surface area contributed by atoms with Crippen LogP contribution < -0.4 is 23.8 Å². The molecule has 0 bridgehead atoms. The SMILES string of the molecule is COc1cc(/C=C/C(=O)c2cccc(Oc3cc(O/N=[N+](\[O-])N4CCOCC4)c([N+](=O)[O-])cc3[N+](=O)[O-])c2)cc(OC)c1OC. The van der Waals surface area contributed by atoms with Crippen LogP contribution >= 0.6 is 0 Å². The Morgan fingerprint density at radius 1 is 0.867 bits per heavy atom. The van der Waals surface area contributed by atoms with Crippen LogP contribution in [-0.4, -0.2) is 73.2 Å².